The van der Waals surface area contributed by atoms with Crippen molar-refractivity contribution in [1.29, 1.82) is 0 Å². The van der Waals surface area contributed by atoms with Gasteiger partial charge in [0.2, 0.25) is 0 Å². The van der Waals surface area contributed by atoms with Gasteiger partial charge in [-0.05, 0) is 6.42 Å². The average Bonchev–Trinajstić information content (AvgIpc) is 1.96. The van der Waals surface area contributed by atoms with Crippen LogP contribution in [0.5, 0.6) is 0 Å². The number of hydrogen-bond donors (Lipinski definition) is 0. The number of hydrogen-bond acceptors (Lipinski definition) is 3. The Bertz CT molecular complexity index is 279. The minimum Gasteiger partial charge on any atom is -0.283 e. The highest BCUT2D eigenvalue weighted by atomic mass is 31.2. The predicted octanol–water partition coefficient (Wildman–Crippen LogP) is 4.44. The van der Waals surface area contributed by atoms with E-state index >= 15 is 0 Å². The number of unbranched alkanes of at least 4 members (excludes halogenated alkanes) is 1. The molecule has 0 N–H and O–H groups in total. The number of rotatable bonds is 7. The van der Waals surface area contributed by atoms with E-state index in [0.717, 1.165) is 0 Å². The maximum absolute atomic E-state index is 12.7. The first-order chi connectivity index (χ1) is 7.47. The van der Waals surface area contributed by atoms with Gasteiger partial charge in [-0.1, -0.05) is 13.3 Å². The lowest BCUT2D eigenvalue weighted by Crippen LogP contribution is -2.27. The lowest BCUT2D eigenvalue weighted by atomic mass is 10.4. The second-order valence-electron chi connectivity index (χ2n) is 3.14. The molecule has 0 rings (SSSR count). The molecule has 0 aromatic rings. The van der Waals surface area contributed by atoms with Crippen molar-refractivity contribution < 1.29 is 39.8 Å². The third-order valence-corrected chi connectivity index (χ3v) is 2.37. The quantitative estimate of drug-likeness (QED) is 0.394. The van der Waals surface area contributed by atoms with Gasteiger partial charge in [-0.2, -0.15) is 22.0 Å². The van der Waals surface area contributed by atoms with Crippen LogP contribution in [0.3, 0.4) is 0 Å². The first-order valence-corrected chi connectivity index (χ1v) is 6.00. The van der Waals surface area contributed by atoms with E-state index in [4.69, 9.17) is 0 Å². The second kappa shape index (κ2) is 6.06. The van der Waals surface area contributed by atoms with Crippen LogP contribution in [0, 0.1) is 0 Å². The van der Waals surface area contributed by atoms with E-state index in [2.05, 4.69) is 9.05 Å². The van der Waals surface area contributed by atoms with Crippen LogP contribution in [0.1, 0.15) is 26.2 Å². The van der Waals surface area contributed by atoms with E-state index in [1.165, 1.54) is 0 Å². The Balaban J connectivity index is 4.33. The minimum absolute atomic E-state index is 0.210. The first kappa shape index (κ1) is 16.7. The summed E-state index contributed by atoms with van der Waals surface area (Å²) in [4.78, 5) is 0. The normalized spacial score (nSPS) is 16.9. The van der Waals surface area contributed by atoms with Crippen molar-refractivity contribution >= 4 is 7.91 Å². The third kappa shape index (κ3) is 9.43. The number of halogens is 6. The summed E-state index contributed by atoms with van der Waals surface area (Å²) in [6.07, 6.45) is -12.2. The fraction of sp³-hybridized carbons (Fsp3) is 1.00. The zero-order valence-electron chi connectivity index (χ0n) is 8.77. The summed E-state index contributed by atoms with van der Waals surface area (Å²) in [6, 6.07) is 0. The minimum atomic E-state index is -5.68. The van der Waals surface area contributed by atoms with Crippen molar-refractivity contribution in [2.75, 3.05) is 6.61 Å². The van der Waals surface area contributed by atoms with Gasteiger partial charge in [-0.25, -0.2) is 9.09 Å². The van der Waals surface area contributed by atoms with Crippen LogP contribution >= 0.6 is 7.91 Å². The van der Waals surface area contributed by atoms with Crippen molar-refractivity contribution in [2.24, 2.45) is 0 Å². The van der Waals surface area contributed by atoms with Crippen LogP contribution in [0.15, 0.2) is 0 Å². The largest absolute Gasteiger partial charge is 0.517 e. The molecule has 1 unspecified atom stereocenters. The monoisotopic (exact) mass is 288 g/mol. The van der Waals surface area contributed by atoms with Crippen molar-refractivity contribution in [3.8, 4) is 0 Å². The zero-order chi connectivity index (χ0) is 13.7. The Morgan fingerprint density at radius 2 is 1.71 bits per heavy atom. The molecule has 0 aromatic carbocycles. The Kier molecular flexibility index (Phi) is 5.96. The molecule has 0 radical (unpaired) electrons. The van der Waals surface area contributed by atoms with E-state index < -0.39 is 33.2 Å². The number of alkyl halides is 5. The highest BCUT2D eigenvalue weighted by molar-refractivity contribution is 7.48. The summed E-state index contributed by atoms with van der Waals surface area (Å²) in [5.74, 6) is 0. The van der Waals surface area contributed by atoms with Crippen LogP contribution in [-0.2, 0) is 13.6 Å². The fourth-order valence-corrected chi connectivity index (χ4v) is 1.55. The second-order valence-corrected chi connectivity index (χ2v) is 4.44. The smallest absolute Gasteiger partial charge is 0.283 e. The van der Waals surface area contributed by atoms with Gasteiger partial charge in [0.1, 0.15) is 6.42 Å². The van der Waals surface area contributed by atoms with Gasteiger partial charge in [0.25, 0.3) is 0 Å². The van der Waals surface area contributed by atoms with Gasteiger partial charge in [-0.15, -0.1) is 4.20 Å². The maximum Gasteiger partial charge on any atom is 0.517 e. The van der Waals surface area contributed by atoms with E-state index in [-0.39, 0.29) is 6.42 Å². The Labute approximate surface area is 93.7 Å². The SMILES string of the molecule is CCCCOP(=O)(F)OC(F)(F)CC(F)(F)F. The van der Waals surface area contributed by atoms with Gasteiger partial charge >= 0.3 is 20.2 Å². The molecule has 10 heteroatoms. The Hall–Kier alpha value is -0.270. The molecule has 0 saturated heterocycles. The highest BCUT2D eigenvalue weighted by Crippen LogP contribution is 2.55. The molecule has 3 nitrogen and oxygen atoms in total. The summed E-state index contributed by atoms with van der Waals surface area (Å²) in [5.41, 5.74) is 0. The van der Waals surface area contributed by atoms with Gasteiger partial charge in [0.05, 0.1) is 6.61 Å². The molecule has 0 aliphatic carbocycles. The fourth-order valence-electron chi connectivity index (χ4n) is 0.769. The molecular formula is C7H11F6O3P. The third-order valence-electron chi connectivity index (χ3n) is 1.39. The molecule has 0 spiro atoms. The molecule has 1 atom stereocenters. The molecule has 0 amide bonds. The predicted molar refractivity (Wildman–Crippen MR) is 46.3 cm³/mol. The first-order valence-electron chi connectivity index (χ1n) is 4.57. The molecule has 0 aliphatic rings. The Morgan fingerprint density at radius 1 is 1.18 bits per heavy atom. The maximum atomic E-state index is 12.7. The van der Waals surface area contributed by atoms with E-state index in [1.54, 1.807) is 6.92 Å². The van der Waals surface area contributed by atoms with Crippen LogP contribution < -0.4 is 0 Å². The van der Waals surface area contributed by atoms with Crippen molar-refractivity contribution in [3.05, 3.63) is 0 Å². The van der Waals surface area contributed by atoms with E-state index in [0.29, 0.717) is 6.42 Å². The van der Waals surface area contributed by atoms with Crippen LogP contribution in [0.25, 0.3) is 0 Å². The standard InChI is InChI=1S/C7H11F6O3P/c1-2-3-4-15-17(13,14)16-7(11,12)5-6(8,9)10/h2-5H2,1H3. The van der Waals surface area contributed by atoms with Gasteiger partial charge < -0.3 is 0 Å². The topological polar surface area (TPSA) is 35.5 Å². The molecule has 0 fully saturated rings. The van der Waals surface area contributed by atoms with Crippen LogP contribution in [0.4, 0.5) is 26.1 Å². The lowest BCUT2D eigenvalue weighted by molar-refractivity contribution is -0.259. The van der Waals surface area contributed by atoms with Crippen molar-refractivity contribution in [2.45, 2.75) is 38.5 Å². The van der Waals surface area contributed by atoms with Crippen LogP contribution in [0.2, 0.25) is 0 Å². The van der Waals surface area contributed by atoms with Crippen molar-refractivity contribution in [1.82, 2.24) is 0 Å². The summed E-state index contributed by atoms with van der Waals surface area (Å²) in [5, 5.41) is 0. The van der Waals surface area contributed by atoms with E-state index in [1.807, 2.05) is 0 Å². The summed E-state index contributed by atoms with van der Waals surface area (Å²) in [7, 11) is -5.68. The molecule has 104 valence electrons. The average molecular weight is 288 g/mol. The van der Waals surface area contributed by atoms with Gasteiger partial charge in [0.15, 0.2) is 0 Å². The molecule has 0 aliphatic heterocycles. The highest BCUT2D eigenvalue weighted by Gasteiger charge is 2.49. The molecule has 0 heterocycles. The molecule has 17 heavy (non-hydrogen) atoms. The summed E-state index contributed by atoms with van der Waals surface area (Å²) < 4.78 is 90.0. The molecule has 0 bridgehead atoms. The van der Waals surface area contributed by atoms with Crippen molar-refractivity contribution in [3.63, 3.8) is 0 Å². The van der Waals surface area contributed by atoms with Gasteiger partial charge in [0, 0.05) is 0 Å². The van der Waals surface area contributed by atoms with E-state index in [9.17, 15) is 30.7 Å². The van der Waals surface area contributed by atoms with Gasteiger partial charge in [-0.3, -0.25) is 4.52 Å². The summed E-state index contributed by atoms with van der Waals surface area (Å²) in [6.45, 7) is 1.18. The zero-order valence-corrected chi connectivity index (χ0v) is 9.66. The summed E-state index contributed by atoms with van der Waals surface area (Å²) >= 11 is 0. The Morgan fingerprint density at radius 3 is 2.12 bits per heavy atom. The molecular weight excluding hydrogens is 277 g/mol. The van der Waals surface area contributed by atoms with Crippen LogP contribution in [-0.4, -0.2) is 18.9 Å². The molecule has 0 aromatic heterocycles. The molecule has 0 saturated carbocycles. The lowest BCUT2D eigenvalue weighted by Gasteiger charge is -2.19.